The van der Waals surface area contributed by atoms with Crippen molar-refractivity contribution in [1.82, 2.24) is 5.32 Å². The average molecular weight is 321 g/mol. The van der Waals surface area contributed by atoms with Gasteiger partial charge in [-0.1, -0.05) is 32.4 Å². The summed E-state index contributed by atoms with van der Waals surface area (Å²) in [4.78, 5) is 22.9. The van der Waals surface area contributed by atoms with Crippen LogP contribution in [0, 0.1) is 17.0 Å². The largest absolute Gasteiger partial charge is 0.480 e. The smallest absolute Gasteiger partial charge is 0.326 e. The number of hydrogen-bond donors (Lipinski definition) is 3. The quantitative estimate of drug-likeness (QED) is 0.800. The molecule has 0 unspecified atom stereocenters. The fourth-order valence-electron chi connectivity index (χ4n) is 1.59. The lowest BCUT2D eigenvalue weighted by Gasteiger charge is -2.27. The number of halogens is 3. The van der Waals surface area contributed by atoms with Crippen LogP contribution in [0.1, 0.15) is 20.8 Å². The molecule has 0 aromatic heterocycles. The Morgan fingerprint density at radius 3 is 2.29 bits per heavy atom. The first kappa shape index (κ1) is 17.2. The summed E-state index contributed by atoms with van der Waals surface area (Å²) in [5.41, 5.74) is -1.18. The van der Waals surface area contributed by atoms with Gasteiger partial charge in [-0.3, -0.25) is 0 Å². The maximum absolute atomic E-state index is 13.5. The molecule has 1 rings (SSSR count). The fourth-order valence-corrected chi connectivity index (χ4v) is 1.83. The molecule has 0 spiro atoms. The van der Waals surface area contributed by atoms with Gasteiger partial charge >= 0.3 is 12.0 Å². The number of carboxylic acids is 1. The van der Waals surface area contributed by atoms with Crippen LogP contribution in [0.2, 0.25) is 5.02 Å². The summed E-state index contributed by atoms with van der Waals surface area (Å²) < 4.78 is 26.4. The lowest BCUT2D eigenvalue weighted by molar-refractivity contribution is -0.141. The van der Waals surface area contributed by atoms with Gasteiger partial charge in [0.15, 0.2) is 5.82 Å². The molecule has 0 saturated carbocycles. The Labute approximate surface area is 125 Å². The van der Waals surface area contributed by atoms with E-state index in [1.54, 1.807) is 20.8 Å². The molecule has 0 saturated heterocycles. The zero-order valence-electron chi connectivity index (χ0n) is 11.6. The van der Waals surface area contributed by atoms with Gasteiger partial charge < -0.3 is 15.7 Å². The van der Waals surface area contributed by atoms with Crippen LogP contribution in [0.3, 0.4) is 0 Å². The second-order valence-corrected chi connectivity index (χ2v) is 5.89. The number of anilines is 1. The average Bonchev–Trinajstić information content (AvgIpc) is 2.28. The maximum atomic E-state index is 13.5. The number of benzene rings is 1. The minimum atomic E-state index is -1.23. The first-order chi connectivity index (χ1) is 9.52. The lowest BCUT2D eigenvalue weighted by atomic mass is 9.87. The van der Waals surface area contributed by atoms with E-state index in [9.17, 15) is 18.4 Å². The Kier molecular flexibility index (Phi) is 5.11. The second-order valence-electron chi connectivity index (χ2n) is 5.48. The minimum absolute atomic E-state index is 0.328. The third kappa shape index (κ3) is 4.56. The fraction of sp³-hybridized carbons (Fsp3) is 0.385. The highest BCUT2D eigenvalue weighted by Gasteiger charge is 2.32. The van der Waals surface area contributed by atoms with Crippen LogP contribution in [-0.4, -0.2) is 23.1 Å². The topological polar surface area (TPSA) is 78.4 Å². The zero-order chi connectivity index (χ0) is 16.4. The molecule has 21 heavy (non-hydrogen) atoms. The number of carbonyl (C=O) groups excluding carboxylic acids is 1. The van der Waals surface area contributed by atoms with E-state index < -0.39 is 40.8 Å². The van der Waals surface area contributed by atoms with E-state index in [1.807, 2.05) is 0 Å². The van der Waals surface area contributed by atoms with E-state index in [4.69, 9.17) is 16.7 Å². The standard InChI is InChI=1S/C13H15ClF2N2O3/c1-13(2,3)10(11(19)20)18-12(21)17-9-7(14)4-6(15)5-8(9)16/h4-5,10H,1-3H3,(H,19,20)(H2,17,18,21)/t10-/m0/s1. The number of aliphatic carboxylic acids is 1. The van der Waals surface area contributed by atoms with E-state index in [0.29, 0.717) is 6.07 Å². The highest BCUT2D eigenvalue weighted by atomic mass is 35.5. The van der Waals surface area contributed by atoms with E-state index >= 15 is 0 Å². The number of carboxylic acid groups (broad SMARTS) is 1. The highest BCUT2D eigenvalue weighted by molar-refractivity contribution is 6.33. The predicted octanol–water partition coefficient (Wildman–Crippen LogP) is 3.24. The normalized spacial score (nSPS) is 12.7. The van der Waals surface area contributed by atoms with Crippen LogP contribution in [0.4, 0.5) is 19.3 Å². The van der Waals surface area contributed by atoms with Crippen molar-refractivity contribution >= 4 is 29.3 Å². The Morgan fingerprint density at radius 2 is 1.86 bits per heavy atom. The highest BCUT2D eigenvalue weighted by Crippen LogP contribution is 2.26. The molecule has 8 heteroatoms. The van der Waals surface area contributed by atoms with Gasteiger partial charge in [0.25, 0.3) is 0 Å². The van der Waals surface area contributed by atoms with Gasteiger partial charge in [-0.2, -0.15) is 0 Å². The molecule has 1 aromatic carbocycles. The number of amides is 2. The summed E-state index contributed by atoms with van der Waals surface area (Å²) in [7, 11) is 0. The first-order valence-electron chi connectivity index (χ1n) is 5.97. The van der Waals surface area contributed by atoms with Crippen molar-refractivity contribution < 1.29 is 23.5 Å². The Hall–Kier alpha value is -1.89. The van der Waals surface area contributed by atoms with Gasteiger partial charge in [0.2, 0.25) is 0 Å². The Bertz CT molecular complexity index is 550. The van der Waals surface area contributed by atoms with E-state index in [2.05, 4.69) is 10.6 Å². The van der Waals surface area contributed by atoms with Crippen LogP contribution in [0.25, 0.3) is 0 Å². The molecule has 0 radical (unpaired) electrons. The van der Waals surface area contributed by atoms with Crippen LogP contribution in [0.5, 0.6) is 0 Å². The Morgan fingerprint density at radius 1 is 1.29 bits per heavy atom. The molecule has 5 nitrogen and oxygen atoms in total. The molecule has 1 aromatic rings. The monoisotopic (exact) mass is 320 g/mol. The number of hydrogen-bond acceptors (Lipinski definition) is 2. The van der Waals surface area contributed by atoms with E-state index in [0.717, 1.165) is 6.07 Å². The number of urea groups is 1. The maximum Gasteiger partial charge on any atom is 0.326 e. The molecule has 0 aliphatic heterocycles. The molecular weight excluding hydrogens is 306 g/mol. The molecule has 2 amide bonds. The van der Waals surface area contributed by atoms with Gasteiger partial charge in [-0.25, -0.2) is 18.4 Å². The lowest BCUT2D eigenvalue weighted by Crippen LogP contribution is -2.50. The van der Waals surface area contributed by atoms with E-state index in [-0.39, 0.29) is 5.02 Å². The molecule has 3 N–H and O–H groups in total. The van der Waals surface area contributed by atoms with Crippen LogP contribution < -0.4 is 10.6 Å². The van der Waals surface area contributed by atoms with Gasteiger partial charge in [-0.05, 0) is 11.5 Å². The van der Waals surface area contributed by atoms with Crippen molar-refractivity contribution in [3.05, 3.63) is 28.8 Å². The number of nitrogens with one attached hydrogen (secondary N) is 2. The number of carbonyl (C=O) groups is 2. The van der Waals surface area contributed by atoms with Crippen molar-refractivity contribution in [2.45, 2.75) is 26.8 Å². The summed E-state index contributed by atoms with van der Waals surface area (Å²) in [5, 5.41) is 13.0. The van der Waals surface area contributed by atoms with Crippen molar-refractivity contribution in [1.29, 1.82) is 0 Å². The summed E-state index contributed by atoms with van der Waals surface area (Å²) >= 11 is 5.63. The van der Waals surface area contributed by atoms with Crippen molar-refractivity contribution in [3.8, 4) is 0 Å². The molecule has 0 aliphatic carbocycles. The van der Waals surface area contributed by atoms with Gasteiger partial charge in [0.05, 0.1) is 10.7 Å². The second kappa shape index (κ2) is 6.26. The first-order valence-corrected chi connectivity index (χ1v) is 6.35. The minimum Gasteiger partial charge on any atom is -0.480 e. The van der Waals surface area contributed by atoms with Gasteiger partial charge in [0, 0.05) is 6.07 Å². The molecule has 0 heterocycles. The molecule has 116 valence electrons. The van der Waals surface area contributed by atoms with Crippen LogP contribution >= 0.6 is 11.6 Å². The van der Waals surface area contributed by atoms with E-state index in [1.165, 1.54) is 0 Å². The summed E-state index contributed by atoms with van der Waals surface area (Å²) in [6.07, 6.45) is 0. The van der Waals surface area contributed by atoms with Gasteiger partial charge in [-0.15, -0.1) is 0 Å². The molecular formula is C13H15ClF2N2O3. The molecule has 0 aliphatic rings. The Balaban J connectivity index is 2.90. The van der Waals surface area contributed by atoms with Gasteiger partial charge in [0.1, 0.15) is 11.9 Å². The third-order valence-corrected chi connectivity index (χ3v) is 2.93. The van der Waals surface area contributed by atoms with Crippen LogP contribution in [-0.2, 0) is 4.79 Å². The number of rotatable bonds is 3. The summed E-state index contributed by atoms with van der Waals surface area (Å²) in [6.45, 7) is 4.87. The van der Waals surface area contributed by atoms with Crippen LogP contribution in [0.15, 0.2) is 12.1 Å². The summed E-state index contributed by atoms with van der Waals surface area (Å²) in [5.74, 6) is -3.18. The van der Waals surface area contributed by atoms with Crippen molar-refractivity contribution in [2.24, 2.45) is 5.41 Å². The molecule has 1 atom stereocenters. The molecule has 0 bridgehead atoms. The summed E-state index contributed by atoms with van der Waals surface area (Å²) in [6, 6.07) is -0.761. The SMILES string of the molecule is CC(C)(C)[C@@H](NC(=O)Nc1c(F)cc(F)cc1Cl)C(=O)O. The third-order valence-electron chi connectivity index (χ3n) is 2.63. The van der Waals surface area contributed by atoms with Crippen molar-refractivity contribution in [3.63, 3.8) is 0 Å². The van der Waals surface area contributed by atoms with Crippen molar-refractivity contribution in [2.75, 3.05) is 5.32 Å². The predicted molar refractivity (Wildman–Crippen MR) is 74.4 cm³/mol. The molecule has 0 fully saturated rings. The zero-order valence-corrected chi connectivity index (χ0v) is 12.4.